The molecule has 5 nitrogen and oxygen atoms in total. The van der Waals surface area contributed by atoms with Gasteiger partial charge in [-0.25, -0.2) is 4.98 Å². The fraction of sp³-hybridized carbons (Fsp3) is 0.0625. The van der Waals surface area contributed by atoms with Gasteiger partial charge in [-0.05, 0) is 36.4 Å². The van der Waals surface area contributed by atoms with E-state index in [0.29, 0.717) is 11.4 Å². The predicted octanol–water partition coefficient (Wildman–Crippen LogP) is 2.87. The number of aromatic hydroxyl groups is 3. The SMILES string of the molecule is Cn1cc(-c2ccc(O)cc2)nc1-c1cc(O)cc(O)c1. The van der Waals surface area contributed by atoms with Crippen molar-refractivity contribution in [3.05, 3.63) is 48.7 Å². The van der Waals surface area contributed by atoms with Crippen molar-refractivity contribution in [3.8, 4) is 39.9 Å². The third kappa shape index (κ3) is 2.53. The molecule has 2 aromatic carbocycles. The highest BCUT2D eigenvalue weighted by Gasteiger charge is 2.11. The van der Waals surface area contributed by atoms with Crippen LogP contribution in [0.5, 0.6) is 17.2 Å². The summed E-state index contributed by atoms with van der Waals surface area (Å²) in [5, 5.41) is 28.5. The number of rotatable bonds is 2. The van der Waals surface area contributed by atoms with Crippen LogP contribution in [0.3, 0.4) is 0 Å². The highest BCUT2D eigenvalue weighted by Crippen LogP contribution is 2.30. The number of hydrogen-bond donors (Lipinski definition) is 3. The average Bonchev–Trinajstić information content (AvgIpc) is 2.80. The maximum Gasteiger partial charge on any atom is 0.140 e. The van der Waals surface area contributed by atoms with Crippen LogP contribution in [0.15, 0.2) is 48.7 Å². The van der Waals surface area contributed by atoms with E-state index in [0.717, 1.165) is 11.3 Å². The number of aromatic nitrogens is 2. The van der Waals surface area contributed by atoms with Gasteiger partial charge in [-0.2, -0.15) is 0 Å². The molecule has 1 heterocycles. The molecule has 3 aromatic rings. The van der Waals surface area contributed by atoms with Gasteiger partial charge >= 0.3 is 0 Å². The summed E-state index contributed by atoms with van der Waals surface area (Å²) in [6.07, 6.45) is 1.85. The second-order valence-corrected chi connectivity index (χ2v) is 4.85. The van der Waals surface area contributed by atoms with E-state index in [-0.39, 0.29) is 17.2 Å². The van der Waals surface area contributed by atoms with Crippen LogP contribution in [-0.2, 0) is 7.05 Å². The zero-order chi connectivity index (χ0) is 15.0. The molecule has 106 valence electrons. The summed E-state index contributed by atoms with van der Waals surface area (Å²) < 4.78 is 1.82. The normalized spacial score (nSPS) is 10.7. The molecule has 0 fully saturated rings. The summed E-state index contributed by atoms with van der Waals surface area (Å²) in [5.41, 5.74) is 2.24. The van der Waals surface area contributed by atoms with Crippen LogP contribution in [0, 0.1) is 0 Å². The van der Waals surface area contributed by atoms with Gasteiger partial charge in [0.15, 0.2) is 0 Å². The Labute approximate surface area is 121 Å². The Morgan fingerprint density at radius 1 is 0.810 bits per heavy atom. The molecule has 1 aromatic heterocycles. The zero-order valence-electron chi connectivity index (χ0n) is 11.4. The summed E-state index contributed by atoms with van der Waals surface area (Å²) >= 11 is 0. The van der Waals surface area contributed by atoms with Gasteiger partial charge in [-0.15, -0.1) is 0 Å². The number of nitrogens with zero attached hydrogens (tertiary/aromatic N) is 2. The van der Waals surface area contributed by atoms with Crippen LogP contribution < -0.4 is 0 Å². The Kier molecular flexibility index (Phi) is 3.02. The summed E-state index contributed by atoms with van der Waals surface area (Å²) in [7, 11) is 1.84. The minimum atomic E-state index is -0.0146. The molecule has 0 bridgehead atoms. The summed E-state index contributed by atoms with van der Waals surface area (Å²) in [5.74, 6) is 0.801. The van der Waals surface area contributed by atoms with Crippen LogP contribution in [0.25, 0.3) is 22.6 Å². The van der Waals surface area contributed by atoms with Crippen LogP contribution in [0.2, 0.25) is 0 Å². The second kappa shape index (κ2) is 4.86. The van der Waals surface area contributed by atoms with Crippen molar-refractivity contribution in [2.24, 2.45) is 7.05 Å². The topological polar surface area (TPSA) is 78.5 Å². The maximum atomic E-state index is 9.58. The smallest absolute Gasteiger partial charge is 0.140 e. The quantitative estimate of drug-likeness (QED) is 0.675. The largest absolute Gasteiger partial charge is 0.508 e. The van der Waals surface area contributed by atoms with Crippen LogP contribution >= 0.6 is 0 Å². The van der Waals surface area contributed by atoms with Gasteiger partial charge in [0.25, 0.3) is 0 Å². The van der Waals surface area contributed by atoms with E-state index in [1.807, 2.05) is 17.8 Å². The first-order valence-electron chi connectivity index (χ1n) is 6.39. The van der Waals surface area contributed by atoms with E-state index in [2.05, 4.69) is 4.98 Å². The lowest BCUT2D eigenvalue weighted by molar-refractivity contribution is 0.451. The zero-order valence-corrected chi connectivity index (χ0v) is 11.4. The van der Waals surface area contributed by atoms with E-state index in [1.54, 1.807) is 36.4 Å². The van der Waals surface area contributed by atoms with Gasteiger partial charge in [0.2, 0.25) is 0 Å². The summed E-state index contributed by atoms with van der Waals surface area (Å²) in [6.45, 7) is 0. The molecule has 0 spiro atoms. The third-order valence-corrected chi connectivity index (χ3v) is 3.20. The molecule has 3 rings (SSSR count). The first-order chi connectivity index (χ1) is 10.0. The summed E-state index contributed by atoms with van der Waals surface area (Å²) in [6, 6.07) is 11.1. The third-order valence-electron chi connectivity index (χ3n) is 3.20. The van der Waals surface area contributed by atoms with Crippen molar-refractivity contribution in [1.82, 2.24) is 9.55 Å². The predicted molar refractivity (Wildman–Crippen MR) is 79.1 cm³/mol. The first-order valence-corrected chi connectivity index (χ1v) is 6.39. The Morgan fingerprint density at radius 3 is 2.05 bits per heavy atom. The Morgan fingerprint density at radius 2 is 1.43 bits per heavy atom. The lowest BCUT2D eigenvalue weighted by Gasteiger charge is -2.03. The standard InChI is InChI=1S/C16H14N2O3/c1-18-9-15(10-2-4-12(19)5-3-10)17-16(18)11-6-13(20)8-14(21)7-11/h2-9,19-21H,1H3. The van der Waals surface area contributed by atoms with Crippen molar-refractivity contribution in [2.45, 2.75) is 0 Å². The van der Waals surface area contributed by atoms with E-state index >= 15 is 0 Å². The van der Waals surface area contributed by atoms with Crippen molar-refractivity contribution in [2.75, 3.05) is 0 Å². The molecule has 5 heteroatoms. The molecule has 21 heavy (non-hydrogen) atoms. The molecule has 0 saturated heterocycles. The Hall–Kier alpha value is -2.95. The second-order valence-electron chi connectivity index (χ2n) is 4.85. The average molecular weight is 282 g/mol. The minimum Gasteiger partial charge on any atom is -0.508 e. The van der Waals surface area contributed by atoms with E-state index in [1.165, 1.54) is 6.07 Å². The number of imidazole rings is 1. The number of aryl methyl sites for hydroxylation is 1. The molecule has 0 saturated carbocycles. The van der Waals surface area contributed by atoms with Gasteiger partial charge in [-0.1, -0.05) is 0 Å². The van der Waals surface area contributed by atoms with Gasteiger partial charge < -0.3 is 19.9 Å². The lowest BCUT2D eigenvalue weighted by Crippen LogP contribution is -1.90. The fourth-order valence-electron chi connectivity index (χ4n) is 2.23. The van der Waals surface area contributed by atoms with Gasteiger partial charge in [0.05, 0.1) is 5.69 Å². The highest BCUT2D eigenvalue weighted by molar-refractivity contribution is 5.67. The van der Waals surface area contributed by atoms with Crippen molar-refractivity contribution in [3.63, 3.8) is 0 Å². The fourth-order valence-corrected chi connectivity index (χ4v) is 2.23. The lowest BCUT2D eigenvalue weighted by atomic mass is 10.1. The van der Waals surface area contributed by atoms with Crippen LogP contribution in [0.1, 0.15) is 0 Å². The van der Waals surface area contributed by atoms with Crippen molar-refractivity contribution >= 4 is 0 Å². The molecule has 3 N–H and O–H groups in total. The van der Waals surface area contributed by atoms with Crippen molar-refractivity contribution in [1.29, 1.82) is 0 Å². The molecule has 0 aliphatic rings. The number of benzene rings is 2. The molecule has 0 radical (unpaired) electrons. The molecular formula is C16H14N2O3. The van der Waals surface area contributed by atoms with E-state index in [9.17, 15) is 15.3 Å². The molecule has 0 unspecified atom stereocenters. The highest BCUT2D eigenvalue weighted by atomic mass is 16.3. The minimum absolute atomic E-state index is 0.0146. The number of phenolic OH excluding ortho intramolecular Hbond substituents is 3. The molecule has 0 aliphatic heterocycles. The van der Waals surface area contributed by atoms with Gasteiger partial charge in [0.1, 0.15) is 23.1 Å². The molecule has 0 atom stereocenters. The molecule has 0 amide bonds. The van der Waals surface area contributed by atoms with Crippen LogP contribution in [-0.4, -0.2) is 24.9 Å². The maximum absolute atomic E-state index is 9.58. The molecule has 0 aliphatic carbocycles. The van der Waals surface area contributed by atoms with Gasteiger partial charge in [-0.3, -0.25) is 0 Å². The van der Waals surface area contributed by atoms with E-state index < -0.39 is 0 Å². The number of hydrogen-bond acceptors (Lipinski definition) is 4. The molecular weight excluding hydrogens is 268 g/mol. The summed E-state index contributed by atoms with van der Waals surface area (Å²) in [4.78, 5) is 4.52. The van der Waals surface area contributed by atoms with E-state index in [4.69, 9.17) is 0 Å². The number of phenols is 3. The Balaban J connectivity index is 2.07. The monoisotopic (exact) mass is 282 g/mol. The van der Waals surface area contributed by atoms with Crippen LogP contribution in [0.4, 0.5) is 0 Å². The Bertz CT molecular complexity index is 772. The van der Waals surface area contributed by atoms with Gasteiger partial charge in [0, 0.05) is 30.4 Å². The van der Waals surface area contributed by atoms with Crippen molar-refractivity contribution < 1.29 is 15.3 Å². The first kappa shape index (κ1) is 13.1.